The number of hydrogen-bond donors (Lipinski definition) is 2. The molecule has 7 nitrogen and oxygen atoms in total. The molecule has 0 saturated carbocycles. The molecule has 0 aliphatic rings. The zero-order valence-electron chi connectivity index (χ0n) is 9.37. The van der Waals surface area contributed by atoms with E-state index in [9.17, 15) is 10.1 Å². The molecule has 0 fully saturated rings. The molecule has 0 aliphatic carbocycles. The maximum absolute atomic E-state index is 10.8. The minimum Gasteiger partial charge on any atom is -0.384 e. The van der Waals surface area contributed by atoms with E-state index in [1.807, 2.05) is 5.38 Å². The van der Waals surface area contributed by atoms with Gasteiger partial charge in [0.2, 0.25) is 5.82 Å². The van der Waals surface area contributed by atoms with Gasteiger partial charge in [0.25, 0.3) is 0 Å². The molecule has 3 N–H and O–H groups in total. The predicted octanol–water partition coefficient (Wildman–Crippen LogP) is 1.68. The highest BCUT2D eigenvalue weighted by Gasteiger charge is 2.14. The standard InChI is InChI=1S/C10H11N5O2S/c11-8-2-1-7(15(16)17)10(14-8)13-4-3-9-12-5-6-18-9/h1-2,5-6H,3-4H2,(H3,11,13,14). The van der Waals surface area contributed by atoms with Crippen molar-refractivity contribution in [3.05, 3.63) is 38.8 Å². The van der Waals surface area contributed by atoms with Crippen LogP contribution in [0.2, 0.25) is 0 Å². The summed E-state index contributed by atoms with van der Waals surface area (Å²) in [4.78, 5) is 18.4. The topological polar surface area (TPSA) is 107 Å². The summed E-state index contributed by atoms with van der Waals surface area (Å²) >= 11 is 1.54. The van der Waals surface area contributed by atoms with Gasteiger partial charge in [0.1, 0.15) is 5.82 Å². The van der Waals surface area contributed by atoms with E-state index in [1.165, 1.54) is 12.1 Å². The largest absolute Gasteiger partial charge is 0.384 e. The van der Waals surface area contributed by atoms with Crippen LogP contribution in [0.5, 0.6) is 0 Å². The van der Waals surface area contributed by atoms with Crippen molar-refractivity contribution >= 4 is 28.7 Å². The van der Waals surface area contributed by atoms with Crippen molar-refractivity contribution in [1.29, 1.82) is 0 Å². The summed E-state index contributed by atoms with van der Waals surface area (Å²) in [7, 11) is 0. The predicted molar refractivity (Wildman–Crippen MR) is 69.6 cm³/mol. The molecule has 0 amide bonds. The van der Waals surface area contributed by atoms with Crippen LogP contribution in [0, 0.1) is 10.1 Å². The first kappa shape index (κ1) is 12.2. The Hall–Kier alpha value is -2.22. The minimum absolute atomic E-state index is 0.0802. The number of thiazole rings is 1. The summed E-state index contributed by atoms with van der Waals surface area (Å²) in [5.74, 6) is 0.439. The molecular weight excluding hydrogens is 254 g/mol. The Bertz CT molecular complexity index is 543. The quantitative estimate of drug-likeness (QED) is 0.629. The Balaban J connectivity index is 2.03. The number of nitrogens with one attached hydrogen (secondary N) is 1. The lowest BCUT2D eigenvalue weighted by molar-refractivity contribution is -0.384. The summed E-state index contributed by atoms with van der Waals surface area (Å²) in [6.45, 7) is 0.519. The smallest absolute Gasteiger partial charge is 0.311 e. The van der Waals surface area contributed by atoms with Crippen molar-refractivity contribution in [3.8, 4) is 0 Å². The van der Waals surface area contributed by atoms with Crippen LogP contribution in [-0.2, 0) is 6.42 Å². The number of rotatable bonds is 5. The van der Waals surface area contributed by atoms with Gasteiger partial charge in [-0.2, -0.15) is 0 Å². The van der Waals surface area contributed by atoms with Gasteiger partial charge >= 0.3 is 5.69 Å². The highest BCUT2D eigenvalue weighted by Crippen LogP contribution is 2.22. The van der Waals surface area contributed by atoms with Gasteiger partial charge in [0, 0.05) is 30.6 Å². The SMILES string of the molecule is Nc1ccc([N+](=O)[O-])c(NCCc2nccs2)n1. The maximum atomic E-state index is 10.8. The number of anilines is 2. The van der Waals surface area contributed by atoms with Crippen LogP contribution in [0.1, 0.15) is 5.01 Å². The van der Waals surface area contributed by atoms with E-state index >= 15 is 0 Å². The van der Waals surface area contributed by atoms with Gasteiger partial charge in [-0.05, 0) is 6.07 Å². The highest BCUT2D eigenvalue weighted by atomic mass is 32.1. The molecule has 0 aliphatic heterocycles. The lowest BCUT2D eigenvalue weighted by atomic mass is 10.3. The van der Waals surface area contributed by atoms with Crippen LogP contribution < -0.4 is 11.1 Å². The van der Waals surface area contributed by atoms with E-state index in [1.54, 1.807) is 17.5 Å². The van der Waals surface area contributed by atoms with Gasteiger partial charge in [-0.15, -0.1) is 11.3 Å². The lowest BCUT2D eigenvalue weighted by Gasteiger charge is -2.05. The number of aromatic nitrogens is 2. The molecule has 8 heteroatoms. The average Bonchev–Trinajstić information content (AvgIpc) is 2.82. The molecule has 0 aromatic carbocycles. The van der Waals surface area contributed by atoms with Gasteiger partial charge < -0.3 is 11.1 Å². The number of nitro groups is 1. The molecule has 2 aromatic heterocycles. The van der Waals surface area contributed by atoms with Crippen LogP contribution >= 0.6 is 11.3 Å². The Morgan fingerprint density at radius 2 is 2.33 bits per heavy atom. The summed E-state index contributed by atoms with van der Waals surface area (Å²) in [5.41, 5.74) is 5.43. The molecule has 2 rings (SSSR count). The fourth-order valence-electron chi connectivity index (χ4n) is 1.41. The average molecular weight is 265 g/mol. The van der Waals surface area contributed by atoms with Crippen LogP contribution in [0.25, 0.3) is 0 Å². The Kier molecular flexibility index (Phi) is 3.68. The summed E-state index contributed by atoms with van der Waals surface area (Å²) < 4.78 is 0. The summed E-state index contributed by atoms with van der Waals surface area (Å²) in [6.07, 6.45) is 2.41. The van der Waals surface area contributed by atoms with Gasteiger partial charge in [0.15, 0.2) is 0 Å². The van der Waals surface area contributed by atoms with Crippen LogP contribution in [0.15, 0.2) is 23.7 Å². The van der Waals surface area contributed by atoms with Crippen molar-refractivity contribution in [2.75, 3.05) is 17.6 Å². The van der Waals surface area contributed by atoms with E-state index in [-0.39, 0.29) is 17.3 Å². The molecule has 2 heterocycles. The minimum atomic E-state index is -0.488. The van der Waals surface area contributed by atoms with Gasteiger partial charge in [0.05, 0.1) is 9.93 Å². The fraction of sp³-hybridized carbons (Fsp3) is 0.200. The molecule has 18 heavy (non-hydrogen) atoms. The van der Waals surface area contributed by atoms with Crippen LogP contribution in [0.3, 0.4) is 0 Å². The zero-order chi connectivity index (χ0) is 13.0. The molecule has 0 saturated heterocycles. The second kappa shape index (κ2) is 5.41. The molecule has 94 valence electrons. The Labute approximate surface area is 107 Å². The van der Waals surface area contributed by atoms with E-state index < -0.39 is 4.92 Å². The van der Waals surface area contributed by atoms with E-state index in [2.05, 4.69) is 15.3 Å². The molecule has 2 aromatic rings. The van der Waals surface area contributed by atoms with Crippen molar-refractivity contribution in [2.24, 2.45) is 0 Å². The summed E-state index contributed by atoms with van der Waals surface area (Å²) in [6, 6.07) is 2.75. The number of hydrogen-bond acceptors (Lipinski definition) is 7. The zero-order valence-corrected chi connectivity index (χ0v) is 10.2. The second-order valence-electron chi connectivity index (χ2n) is 3.46. The molecule has 0 atom stereocenters. The fourth-order valence-corrected chi connectivity index (χ4v) is 2.03. The van der Waals surface area contributed by atoms with Crippen molar-refractivity contribution in [1.82, 2.24) is 9.97 Å². The Morgan fingerprint density at radius 1 is 1.50 bits per heavy atom. The third-order valence-corrected chi connectivity index (χ3v) is 3.05. The van der Waals surface area contributed by atoms with Crippen molar-refractivity contribution < 1.29 is 4.92 Å². The Morgan fingerprint density at radius 3 is 3.00 bits per heavy atom. The van der Waals surface area contributed by atoms with Gasteiger partial charge in [-0.25, -0.2) is 9.97 Å². The van der Waals surface area contributed by atoms with Gasteiger partial charge in [-0.3, -0.25) is 10.1 Å². The number of nitrogens with zero attached hydrogens (tertiary/aromatic N) is 3. The van der Waals surface area contributed by atoms with Crippen LogP contribution in [-0.4, -0.2) is 21.4 Å². The summed E-state index contributed by atoms with van der Waals surface area (Å²) in [5, 5.41) is 16.6. The van der Waals surface area contributed by atoms with Crippen molar-refractivity contribution in [2.45, 2.75) is 6.42 Å². The third kappa shape index (κ3) is 2.92. The lowest BCUT2D eigenvalue weighted by Crippen LogP contribution is -2.09. The van der Waals surface area contributed by atoms with Gasteiger partial charge in [-0.1, -0.05) is 0 Å². The van der Waals surface area contributed by atoms with Crippen LogP contribution in [0.4, 0.5) is 17.3 Å². The monoisotopic (exact) mass is 265 g/mol. The number of nitrogen functional groups attached to an aromatic ring is 1. The first-order valence-electron chi connectivity index (χ1n) is 5.20. The molecule has 0 spiro atoms. The molecule has 0 radical (unpaired) electrons. The highest BCUT2D eigenvalue weighted by molar-refractivity contribution is 7.09. The normalized spacial score (nSPS) is 10.2. The first-order chi connectivity index (χ1) is 8.66. The first-order valence-corrected chi connectivity index (χ1v) is 6.08. The van der Waals surface area contributed by atoms with Crippen molar-refractivity contribution in [3.63, 3.8) is 0 Å². The third-order valence-electron chi connectivity index (χ3n) is 2.21. The second-order valence-corrected chi connectivity index (χ2v) is 4.44. The van der Waals surface area contributed by atoms with E-state index in [0.29, 0.717) is 13.0 Å². The molecule has 0 unspecified atom stereocenters. The molecular formula is C10H11N5O2S. The number of pyridine rings is 1. The van der Waals surface area contributed by atoms with E-state index in [4.69, 9.17) is 5.73 Å². The molecule has 0 bridgehead atoms. The number of nitrogens with two attached hydrogens (primary N) is 1. The van der Waals surface area contributed by atoms with E-state index in [0.717, 1.165) is 5.01 Å². The maximum Gasteiger partial charge on any atom is 0.311 e.